The van der Waals surface area contributed by atoms with Crippen molar-refractivity contribution >= 4 is 27.5 Å². The Morgan fingerprint density at radius 2 is 1.81 bits per heavy atom. The molecular weight excluding hydrogens is 392 g/mol. The number of nitrogens with zero attached hydrogens (tertiary/aromatic N) is 1. The summed E-state index contributed by atoms with van der Waals surface area (Å²) < 4.78 is 6.82. The van der Waals surface area contributed by atoms with E-state index in [1.165, 1.54) is 0 Å². The smallest absolute Gasteiger partial charge is 0.259 e. The molecule has 0 heterocycles. The molecule has 4 nitrogen and oxygen atoms in total. The molecule has 0 aromatic heterocycles. The summed E-state index contributed by atoms with van der Waals surface area (Å²) in [4.78, 5) is 12.7. The molecule has 1 amide bonds. The Kier molecular flexibility index (Phi) is 5.67. The molecule has 0 bridgehead atoms. The van der Waals surface area contributed by atoms with Gasteiger partial charge < -0.3 is 10.1 Å². The van der Waals surface area contributed by atoms with Gasteiger partial charge in [0.25, 0.3) is 5.91 Å². The van der Waals surface area contributed by atoms with E-state index in [0.29, 0.717) is 29.2 Å². The lowest BCUT2D eigenvalue weighted by Crippen LogP contribution is -2.14. The standard InChI is InChI=1S/C21H15BrN2O2/c22-17-8-5-6-15(12-17)14-26-20-11-4-2-9-18(20)21(25)24-19-10-3-1-7-16(19)13-23/h1-12H,14H2,(H,24,25). The number of hydrogen-bond acceptors (Lipinski definition) is 3. The van der Waals surface area contributed by atoms with Gasteiger partial charge in [-0.1, -0.05) is 52.3 Å². The van der Waals surface area contributed by atoms with Crippen LogP contribution in [0.5, 0.6) is 5.75 Å². The van der Waals surface area contributed by atoms with Crippen molar-refractivity contribution in [3.8, 4) is 11.8 Å². The fourth-order valence-corrected chi connectivity index (χ4v) is 2.89. The molecule has 3 rings (SSSR count). The third kappa shape index (κ3) is 4.29. The number of amides is 1. The Hall–Kier alpha value is -3.10. The number of nitriles is 1. The van der Waals surface area contributed by atoms with E-state index < -0.39 is 0 Å². The molecule has 3 aromatic rings. The van der Waals surface area contributed by atoms with Crippen LogP contribution >= 0.6 is 15.9 Å². The maximum absolute atomic E-state index is 12.7. The van der Waals surface area contributed by atoms with Gasteiger partial charge in [0, 0.05) is 4.47 Å². The van der Waals surface area contributed by atoms with Crippen LogP contribution in [0.3, 0.4) is 0 Å². The first kappa shape index (κ1) is 17.7. The number of hydrogen-bond donors (Lipinski definition) is 1. The van der Waals surface area contributed by atoms with E-state index >= 15 is 0 Å². The van der Waals surface area contributed by atoms with Crippen molar-refractivity contribution in [2.45, 2.75) is 6.61 Å². The van der Waals surface area contributed by atoms with Gasteiger partial charge in [-0.15, -0.1) is 0 Å². The molecule has 0 radical (unpaired) electrons. The van der Waals surface area contributed by atoms with Crippen molar-refractivity contribution in [1.29, 1.82) is 5.26 Å². The predicted octanol–water partition coefficient (Wildman–Crippen LogP) is 5.15. The number of ether oxygens (including phenoxy) is 1. The highest BCUT2D eigenvalue weighted by Crippen LogP contribution is 2.23. The first-order valence-electron chi connectivity index (χ1n) is 7.94. The maximum atomic E-state index is 12.7. The van der Waals surface area contributed by atoms with Crippen molar-refractivity contribution < 1.29 is 9.53 Å². The van der Waals surface area contributed by atoms with E-state index in [2.05, 4.69) is 27.3 Å². The van der Waals surface area contributed by atoms with E-state index in [-0.39, 0.29) is 5.91 Å². The zero-order valence-corrected chi connectivity index (χ0v) is 15.4. The summed E-state index contributed by atoms with van der Waals surface area (Å²) in [6.45, 7) is 0.346. The van der Waals surface area contributed by atoms with Gasteiger partial charge in [0.05, 0.1) is 16.8 Å². The number of para-hydroxylation sites is 2. The molecule has 0 unspecified atom stereocenters. The van der Waals surface area contributed by atoms with Gasteiger partial charge in [-0.2, -0.15) is 5.26 Å². The van der Waals surface area contributed by atoms with Gasteiger partial charge in [0.2, 0.25) is 0 Å². The highest BCUT2D eigenvalue weighted by Gasteiger charge is 2.14. The molecule has 3 aromatic carbocycles. The summed E-state index contributed by atoms with van der Waals surface area (Å²) in [5, 5.41) is 11.9. The van der Waals surface area contributed by atoms with Gasteiger partial charge in [-0.3, -0.25) is 4.79 Å². The number of carbonyl (C=O) groups is 1. The summed E-state index contributed by atoms with van der Waals surface area (Å²) >= 11 is 3.43. The lowest BCUT2D eigenvalue weighted by Gasteiger charge is -2.12. The van der Waals surface area contributed by atoms with E-state index in [9.17, 15) is 4.79 Å². The van der Waals surface area contributed by atoms with Crippen LogP contribution in [0, 0.1) is 11.3 Å². The van der Waals surface area contributed by atoms with Crippen LogP contribution in [0.2, 0.25) is 0 Å². The fourth-order valence-electron chi connectivity index (χ4n) is 2.45. The lowest BCUT2D eigenvalue weighted by molar-refractivity contribution is 0.102. The predicted molar refractivity (Wildman–Crippen MR) is 104 cm³/mol. The van der Waals surface area contributed by atoms with Gasteiger partial charge in [-0.05, 0) is 42.0 Å². The Morgan fingerprint density at radius 1 is 1.04 bits per heavy atom. The summed E-state index contributed by atoms with van der Waals surface area (Å²) in [6, 6.07) is 23.8. The molecule has 0 saturated heterocycles. The Labute approximate surface area is 160 Å². The number of anilines is 1. The highest BCUT2D eigenvalue weighted by molar-refractivity contribution is 9.10. The monoisotopic (exact) mass is 406 g/mol. The molecule has 0 aliphatic heterocycles. The average Bonchev–Trinajstić information content (AvgIpc) is 2.67. The van der Waals surface area contributed by atoms with Crippen LogP contribution in [0.15, 0.2) is 77.3 Å². The van der Waals surface area contributed by atoms with Gasteiger partial charge in [0.1, 0.15) is 18.4 Å². The molecule has 0 aliphatic rings. The van der Waals surface area contributed by atoms with E-state index in [1.807, 2.05) is 30.3 Å². The minimum absolute atomic E-state index is 0.322. The maximum Gasteiger partial charge on any atom is 0.259 e. The van der Waals surface area contributed by atoms with E-state index in [1.54, 1.807) is 42.5 Å². The van der Waals surface area contributed by atoms with Crippen molar-refractivity contribution in [1.82, 2.24) is 0 Å². The second-order valence-electron chi connectivity index (χ2n) is 5.53. The Balaban J connectivity index is 1.78. The van der Waals surface area contributed by atoms with Crippen molar-refractivity contribution in [3.63, 3.8) is 0 Å². The second kappa shape index (κ2) is 8.32. The zero-order chi connectivity index (χ0) is 18.4. The number of nitrogens with one attached hydrogen (secondary N) is 1. The minimum atomic E-state index is -0.322. The molecule has 0 spiro atoms. The molecule has 0 aliphatic carbocycles. The summed E-state index contributed by atoms with van der Waals surface area (Å²) in [5.41, 5.74) is 2.29. The second-order valence-corrected chi connectivity index (χ2v) is 6.44. The van der Waals surface area contributed by atoms with Gasteiger partial charge >= 0.3 is 0 Å². The van der Waals surface area contributed by atoms with Gasteiger partial charge in [-0.25, -0.2) is 0 Å². The van der Waals surface area contributed by atoms with Crippen LogP contribution in [-0.4, -0.2) is 5.91 Å². The van der Waals surface area contributed by atoms with Crippen LogP contribution in [0.25, 0.3) is 0 Å². The van der Waals surface area contributed by atoms with Crippen LogP contribution in [0.4, 0.5) is 5.69 Å². The van der Waals surface area contributed by atoms with Crippen molar-refractivity contribution in [2.24, 2.45) is 0 Å². The molecule has 5 heteroatoms. The summed E-state index contributed by atoms with van der Waals surface area (Å²) in [5.74, 6) is 0.164. The largest absolute Gasteiger partial charge is 0.488 e. The molecule has 26 heavy (non-hydrogen) atoms. The molecule has 1 N–H and O–H groups in total. The van der Waals surface area contributed by atoms with Crippen LogP contribution in [0.1, 0.15) is 21.5 Å². The molecule has 0 atom stereocenters. The first-order chi connectivity index (χ1) is 12.7. The zero-order valence-electron chi connectivity index (χ0n) is 13.8. The Bertz CT molecular complexity index is 979. The lowest BCUT2D eigenvalue weighted by atomic mass is 10.1. The number of carbonyl (C=O) groups excluding carboxylic acids is 1. The summed E-state index contributed by atoms with van der Waals surface area (Å²) in [6.07, 6.45) is 0. The quantitative estimate of drug-likeness (QED) is 0.636. The molecular formula is C21H15BrN2O2. The third-order valence-electron chi connectivity index (χ3n) is 3.71. The van der Waals surface area contributed by atoms with Crippen molar-refractivity contribution in [2.75, 3.05) is 5.32 Å². The minimum Gasteiger partial charge on any atom is -0.488 e. The topological polar surface area (TPSA) is 62.1 Å². The normalized spacial score (nSPS) is 10.0. The van der Waals surface area contributed by atoms with E-state index in [4.69, 9.17) is 10.00 Å². The molecule has 0 saturated carbocycles. The number of halogens is 1. The molecule has 0 fully saturated rings. The average molecular weight is 407 g/mol. The SMILES string of the molecule is N#Cc1ccccc1NC(=O)c1ccccc1OCc1cccc(Br)c1. The Morgan fingerprint density at radius 3 is 2.62 bits per heavy atom. The van der Waals surface area contributed by atoms with Crippen molar-refractivity contribution in [3.05, 3.63) is 94.0 Å². The third-order valence-corrected chi connectivity index (χ3v) is 4.20. The number of benzene rings is 3. The highest BCUT2D eigenvalue weighted by atomic mass is 79.9. The van der Waals surface area contributed by atoms with Crippen LogP contribution < -0.4 is 10.1 Å². The van der Waals surface area contributed by atoms with Crippen LogP contribution in [-0.2, 0) is 6.61 Å². The first-order valence-corrected chi connectivity index (χ1v) is 8.73. The van der Waals surface area contributed by atoms with Gasteiger partial charge in [0.15, 0.2) is 0 Å². The summed E-state index contributed by atoms with van der Waals surface area (Å²) in [7, 11) is 0. The molecule has 128 valence electrons. The number of rotatable bonds is 5. The van der Waals surface area contributed by atoms with E-state index in [0.717, 1.165) is 10.0 Å². The fraction of sp³-hybridized carbons (Fsp3) is 0.0476.